The normalized spacial score (nSPS) is 11.0. The lowest BCUT2D eigenvalue weighted by molar-refractivity contribution is 0.282. The van der Waals surface area contributed by atoms with Gasteiger partial charge in [0.2, 0.25) is 0 Å². The van der Waals surface area contributed by atoms with Gasteiger partial charge in [0, 0.05) is 11.1 Å². The lowest BCUT2D eigenvalue weighted by Gasteiger charge is -2.06. The molecule has 0 saturated heterocycles. The maximum absolute atomic E-state index is 9.30. The van der Waals surface area contributed by atoms with E-state index >= 15 is 0 Å². The number of fused-ring (bicyclic) bond motifs is 1. The molecule has 0 amide bonds. The number of aromatic nitrogens is 3. The minimum absolute atomic E-state index is 0.0242. The molecular formula is C19H15N3O. The molecule has 4 nitrogen and oxygen atoms in total. The Morgan fingerprint density at radius 2 is 1.70 bits per heavy atom. The van der Waals surface area contributed by atoms with Crippen LogP contribution >= 0.6 is 0 Å². The average molecular weight is 301 g/mol. The van der Waals surface area contributed by atoms with Crippen LogP contribution in [0.2, 0.25) is 0 Å². The van der Waals surface area contributed by atoms with Gasteiger partial charge in [0.1, 0.15) is 0 Å². The largest absolute Gasteiger partial charge is 0.392 e. The molecule has 0 radical (unpaired) electrons. The van der Waals surface area contributed by atoms with Crippen LogP contribution in [0, 0.1) is 0 Å². The zero-order valence-electron chi connectivity index (χ0n) is 12.4. The molecule has 112 valence electrons. The molecule has 0 saturated carbocycles. The van der Waals surface area contributed by atoms with Crippen molar-refractivity contribution in [3.63, 3.8) is 0 Å². The highest BCUT2D eigenvalue weighted by Crippen LogP contribution is 2.23. The number of aliphatic hydroxyl groups excluding tert-OH is 1. The predicted octanol–water partition coefficient (Wildman–Crippen LogP) is 3.56. The highest BCUT2D eigenvalue weighted by atomic mass is 16.3. The molecule has 0 aliphatic carbocycles. The van der Waals surface area contributed by atoms with Gasteiger partial charge in [-0.25, -0.2) is 9.50 Å². The van der Waals surface area contributed by atoms with Crippen molar-refractivity contribution in [2.75, 3.05) is 0 Å². The fourth-order valence-corrected chi connectivity index (χ4v) is 2.66. The van der Waals surface area contributed by atoms with Gasteiger partial charge >= 0.3 is 0 Å². The first-order valence-corrected chi connectivity index (χ1v) is 7.45. The molecule has 4 aromatic rings. The zero-order valence-corrected chi connectivity index (χ0v) is 12.4. The molecule has 23 heavy (non-hydrogen) atoms. The van der Waals surface area contributed by atoms with Gasteiger partial charge in [-0.3, -0.25) is 0 Å². The van der Waals surface area contributed by atoms with Crippen LogP contribution < -0.4 is 0 Å². The summed E-state index contributed by atoms with van der Waals surface area (Å²) in [5, 5.41) is 14.0. The summed E-state index contributed by atoms with van der Waals surface area (Å²) in [6.45, 7) is 0.0242. The minimum atomic E-state index is 0.0242. The third-order valence-electron chi connectivity index (χ3n) is 3.84. The van der Waals surface area contributed by atoms with Crippen molar-refractivity contribution in [1.29, 1.82) is 0 Å². The van der Waals surface area contributed by atoms with Crippen LogP contribution in [0.1, 0.15) is 5.56 Å². The quantitative estimate of drug-likeness (QED) is 0.629. The highest BCUT2D eigenvalue weighted by molar-refractivity contribution is 5.66. The van der Waals surface area contributed by atoms with Gasteiger partial charge in [-0.05, 0) is 23.8 Å². The number of nitrogens with zero attached hydrogens (tertiary/aromatic N) is 3. The molecule has 0 atom stereocenters. The van der Waals surface area contributed by atoms with Gasteiger partial charge in [0.05, 0.1) is 24.2 Å². The van der Waals surface area contributed by atoms with Crippen LogP contribution in [0.25, 0.3) is 28.2 Å². The van der Waals surface area contributed by atoms with Crippen LogP contribution in [-0.2, 0) is 6.61 Å². The van der Waals surface area contributed by atoms with E-state index in [1.54, 1.807) is 0 Å². The molecule has 0 fully saturated rings. The lowest BCUT2D eigenvalue weighted by atomic mass is 10.1. The van der Waals surface area contributed by atoms with Crippen molar-refractivity contribution in [3.8, 4) is 22.5 Å². The number of benzene rings is 2. The standard InChI is InChI=1S/C19H15N3O/c23-13-14-5-4-8-16(11-14)17-9-10-19-20-12-18(22(19)21-17)15-6-2-1-3-7-15/h1-12,23H,13H2. The third kappa shape index (κ3) is 2.49. The number of hydrogen-bond acceptors (Lipinski definition) is 3. The van der Waals surface area contributed by atoms with E-state index in [4.69, 9.17) is 5.10 Å². The Bertz CT molecular complexity index is 961. The Balaban J connectivity index is 1.87. The van der Waals surface area contributed by atoms with Gasteiger partial charge in [-0.15, -0.1) is 0 Å². The van der Waals surface area contributed by atoms with Crippen molar-refractivity contribution in [2.24, 2.45) is 0 Å². The Hall–Kier alpha value is -2.98. The Morgan fingerprint density at radius 1 is 0.870 bits per heavy atom. The van der Waals surface area contributed by atoms with Crippen molar-refractivity contribution in [2.45, 2.75) is 6.61 Å². The first-order chi connectivity index (χ1) is 11.3. The molecule has 0 bridgehead atoms. The molecule has 0 aliphatic rings. The molecule has 0 aliphatic heterocycles. The Morgan fingerprint density at radius 3 is 2.52 bits per heavy atom. The maximum Gasteiger partial charge on any atom is 0.154 e. The van der Waals surface area contributed by atoms with Crippen LogP contribution in [0.4, 0.5) is 0 Å². The molecule has 4 heteroatoms. The SMILES string of the molecule is OCc1cccc(-c2ccc3ncc(-c4ccccc4)n3n2)c1. The second-order valence-electron chi connectivity index (χ2n) is 5.36. The Labute approximate surface area is 133 Å². The smallest absolute Gasteiger partial charge is 0.154 e. The summed E-state index contributed by atoms with van der Waals surface area (Å²) in [4.78, 5) is 4.42. The highest BCUT2D eigenvalue weighted by Gasteiger charge is 2.09. The third-order valence-corrected chi connectivity index (χ3v) is 3.84. The molecule has 1 N–H and O–H groups in total. The first kappa shape index (κ1) is 13.7. The van der Waals surface area contributed by atoms with Gasteiger partial charge in [-0.2, -0.15) is 5.10 Å². The van der Waals surface area contributed by atoms with E-state index in [1.807, 2.05) is 77.4 Å². The summed E-state index contributed by atoms with van der Waals surface area (Å²) >= 11 is 0. The topological polar surface area (TPSA) is 50.4 Å². The van der Waals surface area contributed by atoms with E-state index < -0.39 is 0 Å². The number of imidazole rings is 1. The van der Waals surface area contributed by atoms with Crippen LogP contribution in [-0.4, -0.2) is 19.7 Å². The summed E-state index contributed by atoms with van der Waals surface area (Å²) in [6, 6.07) is 21.8. The molecule has 4 rings (SSSR count). The number of rotatable bonds is 3. The second-order valence-corrected chi connectivity index (χ2v) is 5.36. The minimum Gasteiger partial charge on any atom is -0.392 e. The van der Waals surface area contributed by atoms with Gasteiger partial charge in [0.15, 0.2) is 5.65 Å². The molecule has 2 aromatic carbocycles. The van der Waals surface area contributed by atoms with Crippen LogP contribution in [0.5, 0.6) is 0 Å². The van der Waals surface area contributed by atoms with Gasteiger partial charge in [-0.1, -0.05) is 48.5 Å². The fourth-order valence-electron chi connectivity index (χ4n) is 2.66. The summed E-state index contributed by atoms with van der Waals surface area (Å²) in [7, 11) is 0. The van der Waals surface area contributed by atoms with E-state index in [9.17, 15) is 5.11 Å². The monoisotopic (exact) mass is 301 g/mol. The van der Waals surface area contributed by atoms with Crippen LogP contribution in [0.3, 0.4) is 0 Å². The fraction of sp³-hybridized carbons (Fsp3) is 0.0526. The van der Waals surface area contributed by atoms with Gasteiger partial charge in [0.25, 0.3) is 0 Å². The van der Waals surface area contributed by atoms with Crippen molar-refractivity contribution in [1.82, 2.24) is 14.6 Å². The van der Waals surface area contributed by atoms with E-state index in [-0.39, 0.29) is 6.61 Å². The molecule has 0 spiro atoms. The molecule has 2 heterocycles. The zero-order chi connectivity index (χ0) is 15.6. The maximum atomic E-state index is 9.30. The number of hydrogen-bond donors (Lipinski definition) is 1. The molecular weight excluding hydrogens is 286 g/mol. The van der Waals surface area contributed by atoms with E-state index in [0.29, 0.717) is 0 Å². The average Bonchev–Trinajstić information content (AvgIpc) is 3.05. The predicted molar refractivity (Wildman–Crippen MR) is 89.8 cm³/mol. The summed E-state index contributed by atoms with van der Waals surface area (Å²) in [5.74, 6) is 0. The van der Waals surface area contributed by atoms with Crippen LogP contribution in [0.15, 0.2) is 72.9 Å². The summed E-state index contributed by atoms with van der Waals surface area (Å²) in [6.07, 6.45) is 1.84. The molecule has 2 aromatic heterocycles. The van der Waals surface area contributed by atoms with Crippen molar-refractivity contribution < 1.29 is 5.11 Å². The second kappa shape index (κ2) is 5.66. The Kier molecular flexibility index (Phi) is 3.37. The lowest BCUT2D eigenvalue weighted by Crippen LogP contribution is -1.97. The van der Waals surface area contributed by atoms with E-state index in [2.05, 4.69) is 4.98 Å². The van der Waals surface area contributed by atoms with E-state index in [0.717, 1.165) is 33.7 Å². The van der Waals surface area contributed by atoms with E-state index in [1.165, 1.54) is 0 Å². The van der Waals surface area contributed by atoms with Crippen molar-refractivity contribution in [3.05, 3.63) is 78.5 Å². The number of aliphatic hydroxyl groups is 1. The first-order valence-electron chi connectivity index (χ1n) is 7.45. The van der Waals surface area contributed by atoms with Crippen molar-refractivity contribution >= 4 is 5.65 Å². The summed E-state index contributed by atoms with van der Waals surface area (Å²) < 4.78 is 1.86. The van der Waals surface area contributed by atoms with Gasteiger partial charge < -0.3 is 5.11 Å². The summed E-state index contributed by atoms with van der Waals surface area (Å²) in [5.41, 5.74) is 5.55. The molecule has 0 unspecified atom stereocenters.